The third-order valence-corrected chi connectivity index (χ3v) is 13.0. The normalized spacial score (nSPS) is 15.7. The molecule has 0 spiro atoms. The molecule has 0 bridgehead atoms. The molecule has 0 aliphatic carbocycles. The smallest absolute Gasteiger partial charge is 0.322 e. The first-order chi connectivity index (χ1) is 35.8. The Morgan fingerprint density at radius 3 is 1.56 bits per heavy atom. The van der Waals surface area contributed by atoms with E-state index < -0.39 is 6.04 Å². The van der Waals surface area contributed by atoms with Crippen molar-refractivity contribution in [3.05, 3.63) is 209 Å². The van der Waals surface area contributed by atoms with Crippen LogP contribution in [0.4, 0.5) is 10.5 Å². The Morgan fingerprint density at radius 1 is 0.562 bits per heavy atom. The van der Waals surface area contributed by atoms with Crippen molar-refractivity contribution in [1.29, 1.82) is 10.5 Å². The highest BCUT2D eigenvalue weighted by Gasteiger charge is 2.35. The number of urea groups is 1. The van der Waals surface area contributed by atoms with E-state index in [4.69, 9.17) is 10.5 Å². The van der Waals surface area contributed by atoms with Gasteiger partial charge in [-0.3, -0.25) is 19.4 Å². The molecule has 4 N–H and O–H groups in total. The number of aromatic nitrogens is 4. The molecule has 16 nitrogen and oxygen atoms in total. The molecule has 2 saturated heterocycles. The molecule has 2 aliphatic heterocycles. The summed E-state index contributed by atoms with van der Waals surface area (Å²) in [6.07, 6.45) is 8.53. The average molecular weight is 976 g/mol. The number of imidazole rings is 2. The van der Waals surface area contributed by atoms with Crippen molar-refractivity contribution < 1.29 is 14.4 Å². The first-order valence-corrected chi connectivity index (χ1v) is 24.7. The van der Waals surface area contributed by atoms with Crippen molar-refractivity contribution in [2.75, 3.05) is 57.7 Å². The zero-order valence-corrected chi connectivity index (χ0v) is 40.9. The molecular formula is C57H61N13O3. The summed E-state index contributed by atoms with van der Waals surface area (Å²) in [5.74, 6) is -0.134. The van der Waals surface area contributed by atoms with Crippen molar-refractivity contribution >= 4 is 23.5 Å². The molecule has 73 heavy (non-hydrogen) atoms. The lowest BCUT2D eigenvalue weighted by Gasteiger charge is -2.40. The maximum atomic E-state index is 13.5. The Kier molecular flexibility index (Phi) is 18.3. The number of anilines is 1. The topological polar surface area (TPSA) is 192 Å². The lowest BCUT2D eigenvalue weighted by molar-refractivity contribution is -0.127. The SMILES string of the molecule is N#Cc1ccc(Cn2cncc2CCNC(=O)[C@H]2CN(Cc3ccccc3)CCN2)cc1.N#Cc1ccc(Cn2cncc2CCNC(=O)[C@H]2CN(Cc3ccccc3)CCN2C(=O)Nc2ccccc2)cc1. The molecule has 2 aliphatic rings. The van der Waals surface area contributed by atoms with Gasteiger partial charge in [-0.2, -0.15) is 10.5 Å². The summed E-state index contributed by atoms with van der Waals surface area (Å²) < 4.78 is 4.11. The lowest BCUT2D eigenvalue weighted by Crippen LogP contribution is -2.61. The van der Waals surface area contributed by atoms with Crippen LogP contribution in [0, 0.1) is 22.7 Å². The van der Waals surface area contributed by atoms with Gasteiger partial charge in [0.15, 0.2) is 0 Å². The van der Waals surface area contributed by atoms with Crippen molar-refractivity contribution in [1.82, 2.24) is 49.8 Å². The molecule has 16 heteroatoms. The number of nitrogens with zero attached hydrogens (tertiary/aromatic N) is 9. The van der Waals surface area contributed by atoms with Gasteiger partial charge in [0.2, 0.25) is 11.8 Å². The van der Waals surface area contributed by atoms with E-state index in [-0.39, 0.29) is 23.9 Å². The molecule has 0 radical (unpaired) electrons. The predicted molar refractivity (Wildman–Crippen MR) is 280 cm³/mol. The van der Waals surface area contributed by atoms with Gasteiger partial charge in [0, 0.05) is 121 Å². The first-order valence-electron chi connectivity index (χ1n) is 24.7. The monoisotopic (exact) mass is 976 g/mol. The lowest BCUT2D eigenvalue weighted by atomic mass is 10.1. The van der Waals surface area contributed by atoms with Gasteiger partial charge in [0.05, 0.1) is 42.0 Å². The van der Waals surface area contributed by atoms with E-state index in [9.17, 15) is 14.4 Å². The molecule has 4 heterocycles. The van der Waals surface area contributed by atoms with Crippen LogP contribution in [-0.4, -0.2) is 116 Å². The molecular weight excluding hydrogens is 915 g/mol. The molecule has 0 unspecified atom stereocenters. The van der Waals surface area contributed by atoms with Gasteiger partial charge < -0.3 is 35.3 Å². The van der Waals surface area contributed by atoms with Crippen molar-refractivity contribution in [2.24, 2.45) is 0 Å². The first kappa shape index (κ1) is 51.0. The van der Waals surface area contributed by atoms with Crippen LogP contribution >= 0.6 is 0 Å². The molecule has 7 aromatic rings. The Bertz CT molecular complexity index is 2930. The summed E-state index contributed by atoms with van der Waals surface area (Å²) in [6, 6.07) is 48.0. The van der Waals surface area contributed by atoms with Crippen LogP contribution in [0.15, 0.2) is 165 Å². The Balaban J connectivity index is 0.000000201. The van der Waals surface area contributed by atoms with Gasteiger partial charge in [0.25, 0.3) is 0 Å². The number of benzene rings is 5. The maximum Gasteiger partial charge on any atom is 0.322 e. The summed E-state index contributed by atoms with van der Waals surface area (Å²) in [5, 5.41) is 30.4. The molecule has 2 aromatic heterocycles. The van der Waals surface area contributed by atoms with E-state index in [1.165, 1.54) is 11.1 Å². The van der Waals surface area contributed by atoms with Crippen molar-refractivity contribution in [3.8, 4) is 12.1 Å². The third kappa shape index (κ3) is 15.1. The number of para-hydroxylation sites is 1. The Hall–Kier alpha value is -8.41. The third-order valence-electron chi connectivity index (χ3n) is 13.0. The number of carbonyl (C=O) groups is 3. The summed E-state index contributed by atoms with van der Waals surface area (Å²) in [7, 11) is 0. The summed E-state index contributed by atoms with van der Waals surface area (Å²) >= 11 is 0. The standard InChI is InChI=1S/C32H33N7O2.C25H28N6O/c33-19-25-11-13-27(14-12-25)22-38-24-34-20-29(38)15-16-35-31(40)30-23-37(21-26-7-3-1-4-8-26)17-18-39(30)32(41)36-28-9-5-2-6-10-28;26-14-20-6-8-22(9-7-20)17-31-19-27-15-23(31)10-11-29-25(32)24-18-30(13-12-28-24)16-21-4-2-1-3-5-21/h1-14,20,24,30H,15-18,21-23H2,(H,35,40)(H,36,41);1-9,15,19,24,28H,10-13,16-18H2,(H,29,32)/t30-;24-/m11/s1. The zero-order valence-electron chi connectivity index (χ0n) is 40.9. The second-order valence-corrected chi connectivity index (χ2v) is 18.2. The fraction of sp³-hybridized carbons (Fsp3) is 0.281. The van der Waals surface area contributed by atoms with Crippen LogP contribution in [0.2, 0.25) is 0 Å². The van der Waals surface area contributed by atoms with E-state index in [2.05, 4.69) is 82.0 Å². The Morgan fingerprint density at radius 2 is 1.04 bits per heavy atom. The van der Waals surface area contributed by atoms with Crippen LogP contribution in [0.3, 0.4) is 0 Å². The van der Waals surface area contributed by atoms with Gasteiger partial charge in [-0.15, -0.1) is 0 Å². The molecule has 2 atom stereocenters. The van der Waals surface area contributed by atoms with Crippen molar-refractivity contribution in [3.63, 3.8) is 0 Å². The second kappa shape index (κ2) is 26.2. The zero-order chi connectivity index (χ0) is 50.6. The van der Waals surface area contributed by atoms with E-state index in [0.29, 0.717) is 88.6 Å². The minimum absolute atomic E-state index is 0.0425. The highest BCUT2D eigenvalue weighted by molar-refractivity contribution is 5.94. The van der Waals surface area contributed by atoms with E-state index >= 15 is 0 Å². The molecule has 372 valence electrons. The van der Waals surface area contributed by atoms with E-state index in [1.807, 2.05) is 114 Å². The largest absolute Gasteiger partial charge is 0.354 e. The second-order valence-electron chi connectivity index (χ2n) is 18.2. The summed E-state index contributed by atoms with van der Waals surface area (Å²) in [4.78, 5) is 54.2. The van der Waals surface area contributed by atoms with Crippen LogP contribution in [-0.2, 0) is 48.6 Å². The van der Waals surface area contributed by atoms with Crippen LogP contribution < -0.4 is 21.3 Å². The number of piperazine rings is 2. The number of carbonyl (C=O) groups excluding carboxylic acids is 3. The van der Waals surface area contributed by atoms with Crippen LogP contribution in [0.1, 0.15) is 44.8 Å². The average Bonchev–Trinajstić information content (AvgIpc) is 4.08. The van der Waals surface area contributed by atoms with Crippen LogP contribution in [0.5, 0.6) is 0 Å². The fourth-order valence-electron chi connectivity index (χ4n) is 9.01. The van der Waals surface area contributed by atoms with E-state index in [0.717, 1.165) is 42.1 Å². The molecule has 4 amide bonds. The van der Waals surface area contributed by atoms with Crippen molar-refractivity contribution in [2.45, 2.75) is 51.1 Å². The summed E-state index contributed by atoms with van der Waals surface area (Å²) in [6.45, 7) is 7.89. The fourth-order valence-corrected chi connectivity index (χ4v) is 9.01. The highest BCUT2D eigenvalue weighted by atomic mass is 16.2. The minimum atomic E-state index is -0.625. The Labute approximate surface area is 426 Å². The maximum absolute atomic E-state index is 13.5. The summed E-state index contributed by atoms with van der Waals surface area (Å²) in [5.41, 5.74) is 8.64. The van der Waals surface area contributed by atoms with Crippen LogP contribution in [0.25, 0.3) is 0 Å². The number of nitriles is 2. The predicted octanol–water partition coefficient (Wildman–Crippen LogP) is 5.82. The number of amides is 4. The van der Waals surface area contributed by atoms with E-state index in [1.54, 1.807) is 35.9 Å². The number of hydrogen-bond acceptors (Lipinski definition) is 10. The number of nitrogens with one attached hydrogen (secondary N) is 4. The highest BCUT2D eigenvalue weighted by Crippen LogP contribution is 2.18. The van der Waals surface area contributed by atoms with Gasteiger partial charge in [-0.1, -0.05) is 103 Å². The van der Waals surface area contributed by atoms with Gasteiger partial charge in [0.1, 0.15) is 6.04 Å². The van der Waals surface area contributed by atoms with Gasteiger partial charge in [-0.25, -0.2) is 14.8 Å². The minimum Gasteiger partial charge on any atom is -0.354 e. The molecule has 9 rings (SSSR count). The molecule has 2 fully saturated rings. The molecule has 0 saturated carbocycles. The quantitative estimate of drug-likeness (QED) is 0.0866. The van der Waals surface area contributed by atoms with Gasteiger partial charge >= 0.3 is 6.03 Å². The number of rotatable bonds is 17. The van der Waals surface area contributed by atoms with Gasteiger partial charge in [-0.05, 0) is 58.7 Å². The number of hydrogen-bond donors (Lipinski definition) is 4. The molecule has 5 aromatic carbocycles.